The fraction of sp³-hybridized carbons (Fsp3) is 0.250. The third kappa shape index (κ3) is 3.39. The molecule has 0 spiro atoms. The van der Waals surface area contributed by atoms with Gasteiger partial charge in [-0.1, -0.05) is 55.1 Å². The van der Waals surface area contributed by atoms with E-state index in [0.717, 1.165) is 21.9 Å². The standard InChI is InChI=1S/C16H17NO2S/c1-3-8-14-13(16(18)19-4-2)11-17-15(20-14)12-9-6-5-7-10-12/h5-11H,3-4H2,1-2H3/b14-8-. The molecule has 0 fully saturated rings. The highest BCUT2D eigenvalue weighted by molar-refractivity contribution is 8.18. The minimum Gasteiger partial charge on any atom is -0.462 e. The monoisotopic (exact) mass is 287 g/mol. The zero-order chi connectivity index (χ0) is 14.4. The van der Waals surface area contributed by atoms with Crippen LogP contribution in [-0.2, 0) is 9.53 Å². The van der Waals surface area contributed by atoms with Crippen LogP contribution in [0.5, 0.6) is 0 Å². The maximum Gasteiger partial charge on any atom is 0.340 e. The van der Waals surface area contributed by atoms with Gasteiger partial charge in [0, 0.05) is 16.7 Å². The van der Waals surface area contributed by atoms with Gasteiger partial charge >= 0.3 is 5.97 Å². The molecule has 1 aliphatic rings. The molecule has 0 bridgehead atoms. The molecule has 0 saturated heterocycles. The van der Waals surface area contributed by atoms with E-state index in [1.807, 2.05) is 43.3 Å². The smallest absolute Gasteiger partial charge is 0.340 e. The number of carbonyl (C=O) groups excluding carboxylic acids is 1. The summed E-state index contributed by atoms with van der Waals surface area (Å²) in [6, 6.07) is 9.95. The summed E-state index contributed by atoms with van der Waals surface area (Å²) < 4.78 is 5.07. The number of thioether (sulfide) groups is 1. The molecule has 0 aliphatic carbocycles. The van der Waals surface area contributed by atoms with E-state index in [1.165, 1.54) is 11.8 Å². The van der Waals surface area contributed by atoms with Gasteiger partial charge in [-0.2, -0.15) is 0 Å². The third-order valence-electron chi connectivity index (χ3n) is 2.69. The van der Waals surface area contributed by atoms with Gasteiger partial charge in [-0.05, 0) is 13.3 Å². The van der Waals surface area contributed by atoms with Gasteiger partial charge in [-0.3, -0.25) is 0 Å². The predicted octanol–water partition coefficient (Wildman–Crippen LogP) is 3.92. The molecule has 0 aromatic heterocycles. The van der Waals surface area contributed by atoms with Gasteiger partial charge in [0.15, 0.2) is 0 Å². The summed E-state index contributed by atoms with van der Waals surface area (Å²) >= 11 is 1.51. The molecule has 1 aromatic carbocycles. The summed E-state index contributed by atoms with van der Waals surface area (Å²) in [7, 11) is 0. The first-order chi connectivity index (χ1) is 9.76. The molecule has 0 saturated carbocycles. The van der Waals surface area contributed by atoms with Gasteiger partial charge < -0.3 is 4.74 Å². The van der Waals surface area contributed by atoms with Crippen molar-refractivity contribution in [3.63, 3.8) is 0 Å². The number of aliphatic imine (C=N–C) groups is 1. The molecule has 0 unspecified atom stereocenters. The average molecular weight is 287 g/mol. The van der Waals surface area contributed by atoms with E-state index in [9.17, 15) is 4.79 Å². The van der Waals surface area contributed by atoms with Gasteiger partial charge in [-0.15, -0.1) is 0 Å². The lowest BCUT2D eigenvalue weighted by molar-refractivity contribution is -0.138. The zero-order valence-corrected chi connectivity index (χ0v) is 12.4. The lowest BCUT2D eigenvalue weighted by atomic mass is 10.2. The normalized spacial score (nSPS) is 16.6. The lowest BCUT2D eigenvalue weighted by Gasteiger charge is -2.16. The molecule has 2 rings (SSSR count). The SMILES string of the molecule is CC/C=C1\SC(c2ccccc2)=NC=C1C(=O)OCC. The minimum absolute atomic E-state index is 0.310. The highest BCUT2D eigenvalue weighted by atomic mass is 32.2. The van der Waals surface area contributed by atoms with Crippen LogP contribution in [0.4, 0.5) is 0 Å². The van der Waals surface area contributed by atoms with Gasteiger partial charge in [0.25, 0.3) is 0 Å². The maximum atomic E-state index is 11.9. The molecular formula is C16H17NO2S. The Morgan fingerprint density at radius 3 is 2.70 bits per heavy atom. The van der Waals surface area contributed by atoms with Crippen molar-refractivity contribution in [3.05, 3.63) is 58.6 Å². The van der Waals surface area contributed by atoms with Crippen LogP contribution in [0, 0.1) is 0 Å². The van der Waals surface area contributed by atoms with Crippen molar-refractivity contribution in [3.8, 4) is 0 Å². The largest absolute Gasteiger partial charge is 0.462 e. The molecule has 104 valence electrons. The molecule has 0 amide bonds. The second kappa shape index (κ2) is 7.10. The summed E-state index contributed by atoms with van der Waals surface area (Å²) in [5, 5.41) is 0.901. The Bertz CT molecular complexity index is 573. The minimum atomic E-state index is -0.310. The lowest BCUT2D eigenvalue weighted by Crippen LogP contribution is -2.12. The predicted molar refractivity (Wildman–Crippen MR) is 83.7 cm³/mol. The number of hydrogen-bond acceptors (Lipinski definition) is 4. The fourth-order valence-electron chi connectivity index (χ4n) is 1.79. The number of nitrogens with zero attached hydrogens (tertiary/aromatic N) is 1. The molecule has 0 N–H and O–H groups in total. The number of rotatable bonds is 4. The van der Waals surface area contributed by atoms with E-state index < -0.39 is 0 Å². The van der Waals surface area contributed by atoms with Gasteiger partial charge in [-0.25, -0.2) is 9.79 Å². The Morgan fingerprint density at radius 1 is 1.30 bits per heavy atom. The van der Waals surface area contributed by atoms with E-state index in [0.29, 0.717) is 12.2 Å². The Kier molecular flexibility index (Phi) is 5.18. The van der Waals surface area contributed by atoms with E-state index in [1.54, 1.807) is 13.1 Å². The third-order valence-corrected chi connectivity index (χ3v) is 3.83. The van der Waals surface area contributed by atoms with Crippen molar-refractivity contribution in [1.29, 1.82) is 0 Å². The highest BCUT2D eigenvalue weighted by Gasteiger charge is 2.22. The maximum absolute atomic E-state index is 11.9. The molecular weight excluding hydrogens is 270 g/mol. The Hall–Kier alpha value is -1.81. The molecule has 1 aromatic rings. The molecule has 20 heavy (non-hydrogen) atoms. The number of carbonyl (C=O) groups is 1. The summed E-state index contributed by atoms with van der Waals surface area (Å²) in [4.78, 5) is 17.2. The van der Waals surface area contributed by atoms with E-state index >= 15 is 0 Å². The number of allylic oxidation sites excluding steroid dienone is 1. The molecule has 0 atom stereocenters. The van der Waals surface area contributed by atoms with Crippen molar-refractivity contribution >= 4 is 22.8 Å². The van der Waals surface area contributed by atoms with E-state index in [4.69, 9.17) is 4.74 Å². The molecule has 4 heteroatoms. The number of esters is 1. The van der Waals surface area contributed by atoms with E-state index in [-0.39, 0.29) is 5.97 Å². The van der Waals surface area contributed by atoms with Crippen molar-refractivity contribution in [2.45, 2.75) is 20.3 Å². The Morgan fingerprint density at radius 2 is 2.05 bits per heavy atom. The molecule has 1 aliphatic heterocycles. The second-order valence-corrected chi connectivity index (χ2v) is 5.17. The van der Waals surface area contributed by atoms with Crippen molar-refractivity contribution in [2.24, 2.45) is 4.99 Å². The fourth-order valence-corrected chi connectivity index (χ4v) is 2.85. The first-order valence-corrected chi connectivity index (χ1v) is 7.46. The molecule has 3 nitrogen and oxygen atoms in total. The molecule has 0 radical (unpaired) electrons. The summed E-state index contributed by atoms with van der Waals surface area (Å²) in [6.07, 6.45) is 4.50. The van der Waals surface area contributed by atoms with Crippen molar-refractivity contribution in [2.75, 3.05) is 6.61 Å². The summed E-state index contributed by atoms with van der Waals surface area (Å²) in [5.74, 6) is -0.310. The Labute approximate surface area is 123 Å². The second-order valence-electron chi connectivity index (χ2n) is 4.14. The quantitative estimate of drug-likeness (QED) is 0.788. The first kappa shape index (κ1) is 14.6. The van der Waals surface area contributed by atoms with Crippen LogP contribution in [-0.4, -0.2) is 17.6 Å². The van der Waals surface area contributed by atoms with Crippen LogP contribution in [0.25, 0.3) is 0 Å². The zero-order valence-electron chi connectivity index (χ0n) is 11.6. The number of hydrogen-bond donors (Lipinski definition) is 0. The van der Waals surface area contributed by atoms with Crippen LogP contribution in [0.3, 0.4) is 0 Å². The van der Waals surface area contributed by atoms with Crippen LogP contribution < -0.4 is 0 Å². The van der Waals surface area contributed by atoms with Crippen LogP contribution in [0.1, 0.15) is 25.8 Å². The van der Waals surface area contributed by atoms with Gasteiger partial charge in [0.2, 0.25) is 0 Å². The topological polar surface area (TPSA) is 38.7 Å². The summed E-state index contributed by atoms with van der Waals surface area (Å²) in [5.41, 5.74) is 1.59. The molecule has 1 heterocycles. The van der Waals surface area contributed by atoms with E-state index in [2.05, 4.69) is 4.99 Å². The highest BCUT2D eigenvalue weighted by Crippen LogP contribution is 2.33. The average Bonchev–Trinajstić information content (AvgIpc) is 2.48. The Balaban J connectivity index is 2.33. The van der Waals surface area contributed by atoms with Gasteiger partial charge in [0.05, 0.1) is 12.2 Å². The van der Waals surface area contributed by atoms with Crippen LogP contribution >= 0.6 is 11.8 Å². The van der Waals surface area contributed by atoms with Crippen molar-refractivity contribution in [1.82, 2.24) is 0 Å². The van der Waals surface area contributed by atoms with Crippen molar-refractivity contribution < 1.29 is 9.53 Å². The first-order valence-electron chi connectivity index (χ1n) is 6.65. The van der Waals surface area contributed by atoms with Crippen LogP contribution in [0.2, 0.25) is 0 Å². The summed E-state index contributed by atoms with van der Waals surface area (Å²) in [6.45, 7) is 4.22. The number of benzene rings is 1. The van der Waals surface area contributed by atoms with Crippen LogP contribution in [0.15, 0.2) is 58.1 Å². The van der Waals surface area contributed by atoms with Gasteiger partial charge in [0.1, 0.15) is 5.04 Å². The number of ether oxygens (including phenoxy) is 1.